The lowest BCUT2D eigenvalue weighted by molar-refractivity contribution is 0.0661. The van der Waals surface area contributed by atoms with Gasteiger partial charge in [0.25, 0.3) is 11.8 Å². The average Bonchev–Trinajstić information content (AvgIpc) is 3.11. The van der Waals surface area contributed by atoms with Crippen LogP contribution in [0.1, 0.15) is 65.7 Å². The minimum absolute atomic E-state index is 0.0603. The zero-order valence-electron chi connectivity index (χ0n) is 14.8. The van der Waals surface area contributed by atoms with Crippen molar-refractivity contribution in [2.75, 3.05) is 20.6 Å². The van der Waals surface area contributed by atoms with Crippen LogP contribution in [-0.4, -0.2) is 48.3 Å². The SMILES string of the molecule is CN(C)C(=O)c1cccc(C(=O)N2CCC[C@H]2C2CCCCC2)c1. The second-order valence-electron chi connectivity index (χ2n) is 7.39. The Balaban J connectivity index is 1.77. The summed E-state index contributed by atoms with van der Waals surface area (Å²) < 4.78 is 0. The van der Waals surface area contributed by atoms with Crippen LogP contribution >= 0.6 is 0 Å². The molecule has 0 N–H and O–H groups in total. The van der Waals surface area contributed by atoms with Gasteiger partial charge in [-0.1, -0.05) is 25.3 Å². The van der Waals surface area contributed by atoms with Gasteiger partial charge in [-0.2, -0.15) is 0 Å². The number of carbonyl (C=O) groups excluding carboxylic acids is 2. The largest absolute Gasteiger partial charge is 0.345 e. The average molecular weight is 328 g/mol. The van der Waals surface area contributed by atoms with Crippen LogP contribution in [0.25, 0.3) is 0 Å². The van der Waals surface area contributed by atoms with E-state index < -0.39 is 0 Å². The van der Waals surface area contributed by atoms with Crippen LogP contribution in [0.3, 0.4) is 0 Å². The van der Waals surface area contributed by atoms with Crippen molar-refractivity contribution in [2.45, 2.75) is 51.0 Å². The monoisotopic (exact) mass is 328 g/mol. The molecule has 0 radical (unpaired) electrons. The molecule has 1 heterocycles. The predicted molar refractivity (Wildman–Crippen MR) is 95.1 cm³/mol. The summed E-state index contributed by atoms with van der Waals surface area (Å²) in [6.45, 7) is 0.853. The molecule has 130 valence electrons. The molecular weight excluding hydrogens is 300 g/mol. The fourth-order valence-electron chi connectivity index (χ4n) is 4.26. The van der Waals surface area contributed by atoms with Crippen molar-refractivity contribution in [2.24, 2.45) is 5.92 Å². The van der Waals surface area contributed by atoms with Gasteiger partial charge in [-0.25, -0.2) is 0 Å². The quantitative estimate of drug-likeness (QED) is 0.851. The lowest BCUT2D eigenvalue weighted by atomic mass is 9.83. The lowest BCUT2D eigenvalue weighted by Gasteiger charge is -2.34. The van der Waals surface area contributed by atoms with E-state index >= 15 is 0 Å². The molecule has 1 atom stereocenters. The van der Waals surface area contributed by atoms with Gasteiger partial charge < -0.3 is 9.80 Å². The van der Waals surface area contributed by atoms with Gasteiger partial charge >= 0.3 is 0 Å². The van der Waals surface area contributed by atoms with Crippen LogP contribution in [0.15, 0.2) is 24.3 Å². The lowest BCUT2D eigenvalue weighted by Crippen LogP contribution is -2.40. The van der Waals surface area contributed by atoms with E-state index in [4.69, 9.17) is 0 Å². The molecule has 0 aromatic heterocycles. The number of carbonyl (C=O) groups is 2. The minimum atomic E-state index is -0.0603. The molecule has 0 bridgehead atoms. The predicted octanol–water partition coefficient (Wildman–Crippen LogP) is 3.57. The maximum atomic E-state index is 13.0. The molecule has 2 amide bonds. The van der Waals surface area contributed by atoms with Crippen LogP contribution in [0.2, 0.25) is 0 Å². The highest BCUT2D eigenvalue weighted by atomic mass is 16.2. The Morgan fingerprint density at radius 3 is 2.42 bits per heavy atom. The summed E-state index contributed by atoms with van der Waals surface area (Å²) >= 11 is 0. The summed E-state index contributed by atoms with van der Waals surface area (Å²) in [6, 6.07) is 7.58. The van der Waals surface area contributed by atoms with E-state index in [1.165, 1.54) is 32.1 Å². The fraction of sp³-hybridized carbons (Fsp3) is 0.600. The van der Waals surface area contributed by atoms with E-state index in [0.717, 1.165) is 19.4 Å². The molecule has 2 aliphatic rings. The summed E-state index contributed by atoms with van der Waals surface area (Å²) in [5, 5.41) is 0. The first-order valence-electron chi connectivity index (χ1n) is 9.20. The molecule has 4 heteroatoms. The number of rotatable bonds is 3. The summed E-state index contributed by atoms with van der Waals surface area (Å²) in [5.41, 5.74) is 1.23. The third-order valence-electron chi connectivity index (χ3n) is 5.52. The Morgan fingerprint density at radius 2 is 1.71 bits per heavy atom. The van der Waals surface area contributed by atoms with Crippen LogP contribution in [0.5, 0.6) is 0 Å². The third kappa shape index (κ3) is 3.47. The summed E-state index contributed by atoms with van der Waals surface area (Å²) in [4.78, 5) is 28.8. The standard InChI is InChI=1S/C20H28N2O2/c1-21(2)19(23)16-10-6-11-17(14-16)20(24)22-13-7-12-18(22)15-8-4-3-5-9-15/h6,10-11,14-15,18H,3-5,7-9,12-13H2,1-2H3/t18-/m0/s1. The smallest absolute Gasteiger partial charge is 0.254 e. The van der Waals surface area contributed by atoms with Crippen molar-refractivity contribution in [3.05, 3.63) is 35.4 Å². The number of likely N-dealkylation sites (tertiary alicyclic amines) is 1. The maximum Gasteiger partial charge on any atom is 0.254 e. The van der Waals surface area contributed by atoms with E-state index in [-0.39, 0.29) is 11.8 Å². The van der Waals surface area contributed by atoms with Gasteiger partial charge in [0.2, 0.25) is 0 Å². The van der Waals surface area contributed by atoms with E-state index in [2.05, 4.69) is 4.90 Å². The van der Waals surface area contributed by atoms with E-state index in [0.29, 0.717) is 23.1 Å². The first-order chi connectivity index (χ1) is 11.6. The third-order valence-corrected chi connectivity index (χ3v) is 5.52. The second kappa shape index (κ2) is 7.37. The van der Waals surface area contributed by atoms with Gasteiger partial charge in [0.05, 0.1) is 0 Å². The van der Waals surface area contributed by atoms with Crippen molar-refractivity contribution >= 4 is 11.8 Å². The molecule has 1 saturated heterocycles. The van der Waals surface area contributed by atoms with Crippen molar-refractivity contribution in [1.82, 2.24) is 9.80 Å². The fourth-order valence-corrected chi connectivity index (χ4v) is 4.26. The topological polar surface area (TPSA) is 40.6 Å². The molecule has 1 aliphatic carbocycles. The highest BCUT2D eigenvalue weighted by Crippen LogP contribution is 2.35. The van der Waals surface area contributed by atoms with Gasteiger partial charge in [0, 0.05) is 37.8 Å². The number of amides is 2. The van der Waals surface area contributed by atoms with Gasteiger partial charge in [-0.15, -0.1) is 0 Å². The molecule has 0 spiro atoms. The molecule has 0 unspecified atom stereocenters. The Labute approximate surface area is 144 Å². The zero-order valence-corrected chi connectivity index (χ0v) is 14.8. The molecule has 1 saturated carbocycles. The first-order valence-corrected chi connectivity index (χ1v) is 9.20. The number of hydrogen-bond acceptors (Lipinski definition) is 2. The molecular formula is C20H28N2O2. The second-order valence-corrected chi connectivity index (χ2v) is 7.39. The molecule has 1 aromatic rings. The highest BCUT2D eigenvalue weighted by Gasteiger charge is 2.35. The normalized spacial score (nSPS) is 21.8. The summed E-state index contributed by atoms with van der Waals surface area (Å²) in [5.74, 6) is 0.697. The van der Waals surface area contributed by atoms with Gasteiger partial charge in [0.15, 0.2) is 0 Å². The Hall–Kier alpha value is -1.84. The molecule has 3 rings (SSSR count). The van der Waals surface area contributed by atoms with Crippen molar-refractivity contribution in [3.63, 3.8) is 0 Å². The van der Waals surface area contributed by atoms with E-state index in [1.54, 1.807) is 31.1 Å². The maximum absolute atomic E-state index is 13.0. The summed E-state index contributed by atoms with van der Waals surface area (Å²) in [7, 11) is 3.47. The number of hydrogen-bond donors (Lipinski definition) is 0. The van der Waals surface area contributed by atoms with Crippen LogP contribution in [-0.2, 0) is 0 Å². The molecule has 1 aromatic carbocycles. The zero-order chi connectivity index (χ0) is 17.1. The first kappa shape index (κ1) is 17.0. The molecule has 4 nitrogen and oxygen atoms in total. The minimum Gasteiger partial charge on any atom is -0.345 e. The molecule has 1 aliphatic heterocycles. The number of nitrogens with zero attached hydrogens (tertiary/aromatic N) is 2. The van der Waals surface area contributed by atoms with E-state index in [1.807, 2.05) is 12.1 Å². The highest BCUT2D eigenvalue weighted by molar-refractivity contribution is 5.99. The van der Waals surface area contributed by atoms with E-state index in [9.17, 15) is 9.59 Å². The summed E-state index contributed by atoms with van der Waals surface area (Å²) in [6.07, 6.45) is 8.69. The van der Waals surface area contributed by atoms with Gasteiger partial charge in [0.1, 0.15) is 0 Å². The Morgan fingerprint density at radius 1 is 1.00 bits per heavy atom. The van der Waals surface area contributed by atoms with Crippen molar-refractivity contribution < 1.29 is 9.59 Å². The van der Waals surface area contributed by atoms with Crippen LogP contribution in [0, 0.1) is 5.92 Å². The number of benzene rings is 1. The van der Waals surface area contributed by atoms with Gasteiger partial charge in [-0.05, 0) is 49.8 Å². The molecule has 2 fully saturated rings. The van der Waals surface area contributed by atoms with Crippen LogP contribution < -0.4 is 0 Å². The Kier molecular flexibility index (Phi) is 5.22. The van der Waals surface area contributed by atoms with Crippen LogP contribution in [0.4, 0.5) is 0 Å². The molecule has 24 heavy (non-hydrogen) atoms. The van der Waals surface area contributed by atoms with Gasteiger partial charge in [-0.3, -0.25) is 9.59 Å². The van der Waals surface area contributed by atoms with Crippen molar-refractivity contribution in [1.29, 1.82) is 0 Å². The van der Waals surface area contributed by atoms with Crippen molar-refractivity contribution in [3.8, 4) is 0 Å². The Bertz CT molecular complexity index is 605.